The van der Waals surface area contributed by atoms with E-state index in [0.29, 0.717) is 22.4 Å². The zero-order valence-electron chi connectivity index (χ0n) is 16.9. The minimum atomic E-state index is -0.0226. The summed E-state index contributed by atoms with van der Waals surface area (Å²) in [7, 11) is 5.61. The average molecular weight is 454 g/mol. The first-order valence-corrected chi connectivity index (χ1v) is 10.2. The third-order valence-electron chi connectivity index (χ3n) is 4.51. The SMILES string of the molecule is COc1ccc(C)c2sc(N(CCN(C)C)C(=O)Cc3ccccc3Cl)nc12.Cl. The third-order valence-corrected chi connectivity index (χ3v) is 6.10. The molecule has 1 amide bonds. The molecule has 0 saturated heterocycles. The van der Waals surface area contributed by atoms with Gasteiger partial charge in [0.25, 0.3) is 0 Å². The fourth-order valence-electron chi connectivity index (χ4n) is 2.91. The van der Waals surface area contributed by atoms with Crippen molar-refractivity contribution in [3.63, 3.8) is 0 Å². The van der Waals surface area contributed by atoms with Gasteiger partial charge in [-0.1, -0.05) is 47.2 Å². The van der Waals surface area contributed by atoms with Gasteiger partial charge in [-0.2, -0.15) is 0 Å². The highest BCUT2D eigenvalue weighted by molar-refractivity contribution is 7.22. The smallest absolute Gasteiger partial charge is 0.233 e. The first kappa shape index (κ1) is 23.4. The van der Waals surface area contributed by atoms with Gasteiger partial charge in [-0.15, -0.1) is 12.4 Å². The Labute approximate surface area is 186 Å². The fraction of sp³-hybridized carbons (Fsp3) is 0.333. The molecule has 0 aliphatic rings. The number of benzene rings is 2. The number of hydrogen-bond acceptors (Lipinski definition) is 5. The van der Waals surface area contributed by atoms with E-state index < -0.39 is 0 Å². The first-order valence-electron chi connectivity index (χ1n) is 9.03. The van der Waals surface area contributed by atoms with Crippen LogP contribution in [0.3, 0.4) is 0 Å². The second-order valence-corrected chi connectivity index (χ2v) is 8.26. The largest absolute Gasteiger partial charge is 0.494 e. The van der Waals surface area contributed by atoms with Crippen LogP contribution in [0.15, 0.2) is 36.4 Å². The molecule has 1 aromatic heterocycles. The molecule has 8 heteroatoms. The van der Waals surface area contributed by atoms with Crippen molar-refractivity contribution in [3.8, 4) is 5.75 Å². The van der Waals surface area contributed by atoms with Crippen LogP contribution >= 0.6 is 35.3 Å². The van der Waals surface area contributed by atoms with Gasteiger partial charge in [-0.05, 0) is 44.3 Å². The summed E-state index contributed by atoms with van der Waals surface area (Å²) in [5, 5.41) is 1.28. The molecule has 1 heterocycles. The Bertz CT molecular complexity index is 991. The van der Waals surface area contributed by atoms with Crippen LogP contribution in [0.25, 0.3) is 10.2 Å². The van der Waals surface area contributed by atoms with Crippen molar-refractivity contribution in [2.24, 2.45) is 0 Å². The van der Waals surface area contributed by atoms with E-state index >= 15 is 0 Å². The zero-order chi connectivity index (χ0) is 20.3. The van der Waals surface area contributed by atoms with Gasteiger partial charge in [0.15, 0.2) is 5.13 Å². The predicted molar refractivity (Wildman–Crippen MR) is 124 cm³/mol. The van der Waals surface area contributed by atoms with Gasteiger partial charge in [0.05, 0.1) is 18.2 Å². The van der Waals surface area contributed by atoms with Crippen LogP contribution < -0.4 is 9.64 Å². The quantitative estimate of drug-likeness (QED) is 0.513. The number of thiazole rings is 1. The number of amides is 1. The lowest BCUT2D eigenvalue weighted by Gasteiger charge is -2.22. The van der Waals surface area contributed by atoms with Crippen molar-refractivity contribution >= 4 is 56.6 Å². The average Bonchev–Trinajstić information content (AvgIpc) is 3.10. The molecule has 0 unspecified atom stereocenters. The Kier molecular flexibility index (Phi) is 8.28. The fourth-order valence-corrected chi connectivity index (χ4v) is 4.20. The molecule has 0 aliphatic heterocycles. The highest BCUT2D eigenvalue weighted by Gasteiger charge is 2.22. The summed E-state index contributed by atoms with van der Waals surface area (Å²) in [5.41, 5.74) is 2.73. The van der Waals surface area contributed by atoms with Gasteiger partial charge in [-0.25, -0.2) is 4.98 Å². The lowest BCUT2D eigenvalue weighted by Crippen LogP contribution is -2.37. The molecular formula is C21H25Cl2N3O2S. The normalized spacial score (nSPS) is 10.8. The highest BCUT2D eigenvalue weighted by atomic mass is 35.5. The maximum atomic E-state index is 13.2. The van der Waals surface area contributed by atoms with Crippen LogP contribution in [0, 0.1) is 6.92 Å². The number of methoxy groups -OCH3 is 1. The first-order chi connectivity index (χ1) is 13.4. The number of anilines is 1. The standard InChI is InChI=1S/C21H24ClN3O2S.ClH/c1-14-9-10-17(27-4)19-20(14)28-21(23-19)25(12-11-24(2)3)18(26)13-15-7-5-6-8-16(15)22;/h5-10H,11-13H2,1-4H3;1H. The minimum Gasteiger partial charge on any atom is -0.494 e. The number of ether oxygens (including phenoxy) is 1. The number of aromatic nitrogens is 1. The molecule has 29 heavy (non-hydrogen) atoms. The van der Waals surface area contributed by atoms with Crippen molar-refractivity contribution in [1.82, 2.24) is 9.88 Å². The summed E-state index contributed by atoms with van der Waals surface area (Å²) in [6, 6.07) is 11.4. The maximum absolute atomic E-state index is 13.2. The topological polar surface area (TPSA) is 45.7 Å². The second-order valence-electron chi connectivity index (χ2n) is 6.88. The molecule has 0 radical (unpaired) electrons. The lowest BCUT2D eigenvalue weighted by atomic mass is 10.1. The lowest BCUT2D eigenvalue weighted by molar-refractivity contribution is -0.118. The van der Waals surface area contributed by atoms with Crippen molar-refractivity contribution in [3.05, 3.63) is 52.5 Å². The summed E-state index contributed by atoms with van der Waals surface area (Å²) in [4.78, 5) is 21.7. The van der Waals surface area contributed by atoms with Crippen LogP contribution in [-0.4, -0.2) is 50.1 Å². The van der Waals surface area contributed by atoms with Crippen molar-refractivity contribution < 1.29 is 9.53 Å². The van der Waals surface area contributed by atoms with Crippen molar-refractivity contribution in [1.29, 1.82) is 0 Å². The summed E-state index contributed by atoms with van der Waals surface area (Å²) in [5.74, 6) is 0.694. The van der Waals surface area contributed by atoms with Gasteiger partial charge in [-0.3, -0.25) is 9.69 Å². The number of aryl methyl sites for hydroxylation is 1. The summed E-state index contributed by atoms with van der Waals surface area (Å²) in [6.45, 7) is 3.33. The van der Waals surface area contributed by atoms with E-state index in [0.717, 1.165) is 27.9 Å². The van der Waals surface area contributed by atoms with Crippen LogP contribution in [0.5, 0.6) is 5.75 Å². The van der Waals surface area contributed by atoms with Crippen LogP contribution in [0.2, 0.25) is 5.02 Å². The number of fused-ring (bicyclic) bond motifs is 1. The number of hydrogen-bond donors (Lipinski definition) is 0. The molecule has 0 fully saturated rings. The molecule has 0 N–H and O–H groups in total. The third kappa shape index (κ3) is 5.39. The Hall–Kier alpha value is -1.86. The van der Waals surface area contributed by atoms with Gasteiger partial charge in [0.1, 0.15) is 11.3 Å². The molecule has 2 aromatic carbocycles. The zero-order valence-corrected chi connectivity index (χ0v) is 19.3. The monoisotopic (exact) mass is 453 g/mol. The van der Waals surface area contributed by atoms with Gasteiger partial charge in [0, 0.05) is 18.1 Å². The number of halogens is 2. The number of likely N-dealkylation sites (N-methyl/N-ethyl adjacent to an activating group) is 1. The predicted octanol–water partition coefficient (Wildman–Crippen LogP) is 4.83. The molecule has 0 aliphatic carbocycles. The van der Waals surface area contributed by atoms with Crippen molar-refractivity contribution in [2.45, 2.75) is 13.3 Å². The molecule has 0 atom stereocenters. The van der Waals surface area contributed by atoms with E-state index in [1.54, 1.807) is 18.1 Å². The molecule has 0 spiro atoms. The van der Waals surface area contributed by atoms with Crippen LogP contribution in [-0.2, 0) is 11.2 Å². The van der Waals surface area contributed by atoms with Gasteiger partial charge < -0.3 is 9.64 Å². The second kappa shape index (κ2) is 10.3. The molecule has 3 rings (SSSR count). The molecule has 3 aromatic rings. The molecule has 0 saturated carbocycles. The number of carbonyl (C=O) groups excluding carboxylic acids is 1. The Morgan fingerprint density at radius 3 is 2.55 bits per heavy atom. The van der Waals surface area contributed by atoms with E-state index in [-0.39, 0.29) is 24.7 Å². The van der Waals surface area contributed by atoms with E-state index in [1.807, 2.05) is 51.4 Å². The highest BCUT2D eigenvalue weighted by Crippen LogP contribution is 2.36. The Balaban J connectivity index is 0.00000300. The van der Waals surface area contributed by atoms with Crippen LogP contribution in [0.1, 0.15) is 11.1 Å². The Morgan fingerprint density at radius 1 is 1.17 bits per heavy atom. The summed E-state index contributed by atoms with van der Waals surface area (Å²) < 4.78 is 6.50. The molecular weight excluding hydrogens is 429 g/mol. The van der Waals surface area contributed by atoms with E-state index in [1.165, 1.54) is 11.3 Å². The number of carbonyl (C=O) groups is 1. The van der Waals surface area contributed by atoms with E-state index in [9.17, 15) is 4.79 Å². The number of rotatable bonds is 7. The van der Waals surface area contributed by atoms with Crippen molar-refractivity contribution in [2.75, 3.05) is 39.2 Å². The van der Waals surface area contributed by atoms with Gasteiger partial charge >= 0.3 is 0 Å². The minimum absolute atomic E-state index is 0. The summed E-state index contributed by atoms with van der Waals surface area (Å²) >= 11 is 7.78. The Morgan fingerprint density at radius 2 is 1.90 bits per heavy atom. The van der Waals surface area contributed by atoms with Crippen LogP contribution in [0.4, 0.5) is 5.13 Å². The number of nitrogens with zero attached hydrogens (tertiary/aromatic N) is 3. The molecule has 0 bridgehead atoms. The maximum Gasteiger partial charge on any atom is 0.233 e. The summed E-state index contributed by atoms with van der Waals surface area (Å²) in [6.07, 6.45) is 0.235. The molecule has 5 nitrogen and oxygen atoms in total. The van der Waals surface area contributed by atoms with Gasteiger partial charge in [0.2, 0.25) is 5.91 Å². The van der Waals surface area contributed by atoms with E-state index in [4.69, 9.17) is 21.3 Å². The van der Waals surface area contributed by atoms with E-state index in [2.05, 4.69) is 4.90 Å². The molecule has 156 valence electrons.